The Morgan fingerprint density at radius 2 is 1.81 bits per heavy atom. The van der Waals surface area contributed by atoms with Gasteiger partial charge in [-0.05, 0) is 49.8 Å². The lowest BCUT2D eigenvalue weighted by atomic mass is 9.93. The highest BCUT2D eigenvalue weighted by atomic mass is 16.5. The minimum Gasteiger partial charge on any atom is -0.480 e. The molecule has 0 amide bonds. The Morgan fingerprint density at radius 3 is 2.48 bits per heavy atom. The molecule has 1 aliphatic heterocycles. The first-order valence-corrected chi connectivity index (χ1v) is 11.0. The van der Waals surface area contributed by atoms with Crippen LogP contribution in [0.25, 0.3) is 0 Å². The van der Waals surface area contributed by atoms with Crippen molar-refractivity contribution >= 4 is 11.9 Å². The molecule has 1 aliphatic rings. The van der Waals surface area contributed by atoms with Gasteiger partial charge in [0.05, 0.1) is 6.61 Å². The van der Waals surface area contributed by atoms with Crippen LogP contribution >= 0.6 is 0 Å². The van der Waals surface area contributed by atoms with Crippen molar-refractivity contribution in [2.24, 2.45) is 0 Å². The third kappa shape index (κ3) is 6.39. The van der Waals surface area contributed by atoms with Crippen molar-refractivity contribution in [2.75, 3.05) is 13.2 Å². The zero-order chi connectivity index (χ0) is 22.2. The summed E-state index contributed by atoms with van der Waals surface area (Å²) in [5, 5.41) is 13.2. The number of fused-ring (bicyclic) bond motifs is 1. The number of rotatable bonds is 10. The summed E-state index contributed by atoms with van der Waals surface area (Å²) in [6, 6.07) is 17.0. The Kier molecular flexibility index (Phi) is 8.20. The topological polar surface area (TPSA) is 78.9 Å². The fraction of sp³-hybridized carbons (Fsp3) is 0.440. The van der Waals surface area contributed by atoms with E-state index in [1.165, 1.54) is 11.1 Å². The van der Waals surface area contributed by atoms with E-state index in [4.69, 9.17) is 4.74 Å². The van der Waals surface area contributed by atoms with Gasteiger partial charge in [0.1, 0.15) is 12.1 Å². The number of carbonyl (C=O) groups excluding carboxylic acids is 1. The Bertz CT molecular complexity index is 871. The Morgan fingerprint density at radius 1 is 1.13 bits per heavy atom. The number of carbonyl (C=O) groups is 2. The van der Waals surface area contributed by atoms with Gasteiger partial charge in [0.2, 0.25) is 0 Å². The van der Waals surface area contributed by atoms with Crippen molar-refractivity contribution in [1.82, 2.24) is 10.2 Å². The lowest BCUT2D eigenvalue weighted by Crippen LogP contribution is -2.53. The van der Waals surface area contributed by atoms with Crippen LogP contribution in [-0.4, -0.2) is 53.2 Å². The van der Waals surface area contributed by atoms with Crippen LogP contribution in [0.2, 0.25) is 0 Å². The standard InChI is InChI=1S/C25H32N2O4/c1-3-31-25(30)22(14-13-19-9-5-4-6-10-19)26-18(2)16-27-17-21-12-8-7-11-20(21)15-23(27)24(28)29/h4-12,18,22-23,26H,3,13-17H2,1-2H3,(H,28,29)/t18-,22-,23-/m0/s1. The van der Waals surface area contributed by atoms with E-state index in [1.54, 1.807) is 6.92 Å². The van der Waals surface area contributed by atoms with E-state index in [9.17, 15) is 14.7 Å². The Hall–Kier alpha value is -2.70. The highest BCUT2D eigenvalue weighted by molar-refractivity contribution is 5.76. The fourth-order valence-corrected chi connectivity index (χ4v) is 4.23. The second kappa shape index (κ2) is 11.1. The predicted molar refractivity (Wildman–Crippen MR) is 120 cm³/mol. The van der Waals surface area contributed by atoms with Crippen molar-refractivity contribution in [1.29, 1.82) is 0 Å². The number of benzene rings is 2. The SMILES string of the molecule is CCOC(=O)[C@H](CCc1ccccc1)N[C@@H](C)CN1Cc2ccccc2C[C@H]1C(=O)O. The van der Waals surface area contributed by atoms with Gasteiger partial charge in [-0.1, -0.05) is 54.6 Å². The van der Waals surface area contributed by atoms with Crippen molar-refractivity contribution in [2.45, 2.75) is 57.8 Å². The number of nitrogens with one attached hydrogen (secondary N) is 1. The first-order valence-electron chi connectivity index (χ1n) is 11.0. The van der Waals surface area contributed by atoms with Gasteiger partial charge in [-0.2, -0.15) is 0 Å². The molecule has 0 radical (unpaired) electrons. The van der Waals surface area contributed by atoms with E-state index < -0.39 is 18.1 Å². The number of aryl methyl sites for hydroxylation is 1. The molecule has 0 saturated heterocycles. The summed E-state index contributed by atoms with van der Waals surface area (Å²) >= 11 is 0. The molecule has 2 aromatic carbocycles. The van der Waals surface area contributed by atoms with E-state index in [2.05, 4.69) is 11.4 Å². The number of nitrogens with zero attached hydrogens (tertiary/aromatic N) is 1. The lowest BCUT2D eigenvalue weighted by Gasteiger charge is -2.36. The highest BCUT2D eigenvalue weighted by Gasteiger charge is 2.32. The molecule has 0 fully saturated rings. The molecule has 31 heavy (non-hydrogen) atoms. The number of esters is 1. The van der Waals surface area contributed by atoms with Crippen molar-refractivity contribution in [3.63, 3.8) is 0 Å². The van der Waals surface area contributed by atoms with E-state index in [1.807, 2.05) is 60.4 Å². The number of carboxylic acids is 1. The molecule has 0 saturated carbocycles. The second-order valence-corrected chi connectivity index (χ2v) is 8.15. The smallest absolute Gasteiger partial charge is 0.323 e. The van der Waals surface area contributed by atoms with Gasteiger partial charge in [0, 0.05) is 19.1 Å². The van der Waals surface area contributed by atoms with Crippen LogP contribution in [0, 0.1) is 0 Å². The zero-order valence-electron chi connectivity index (χ0n) is 18.3. The summed E-state index contributed by atoms with van der Waals surface area (Å²) in [4.78, 5) is 26.4. The molecular weight excluding hydrogens is 392 g/mol. The molecule has 2 aromatic rings. The molecule has 2 N–H and O–H groups in total. The maximum absolute atomic E-state index is 12.5. The summed E-state index contributed by atoms with van der Waals surface area (Å²) < 4.78 is 5.28. The largest absolute Gasteiger partial charge is 0.480 e. The fourth-order valence-electron chi connectivity index (χ4n) is 4.23. The average Bonchev–Trinajstić information content (AvgIpc) is 2.76. The molecule has 0 unspecified atom stereocenters. The molecule has 1 heterocycles. The number of aliphatic carboxylic acids is 1. The maximum atomic E-state index is 12.5. The number of carboxylic acid groups (broad SMARTS) is 1. The van der Waals surface area contributed by atoms with E-state index >= 15 is 0 Å². The highest BCUT2D eigenvalue weighted by Crippen LogP contribution is 2.23. The zero-order valence-corrected chi connectivity index (χ0v) is 18.3. The summed E-state index contributed by atoms with van der Waals surface area (Å²) in [6.07, 6.45) is 1.88. The normalized spacial score (nSPS) is 18.1. The molecular formula is C25H32N2O4. The average molecular weight is 425 g/mol. The predicted octanol–water partition coefficient (Wildman–Crippen LogP) is 3.04. The van der Waals surface area contributed by atoms with Gasteiger partial charge in [-0.3, -0.25) is 14.5 Å². The molecule has 0 bridgehead atoms. The van der Waals surface area contributed by atoms with E-state index in [0.717, 1.165) is 12.0 Å². The number of hydrogen-bond acceptors (Lipinski definition) is 5. The van der Waals surface area contributed by atoms with Crippen LogP contribution in [0.3, 0.4) is 0 Å². The Labute approximate surface area is 184 Å². The van der Waals surface area contributed by atoms with Gasteiger partial charge in [0.15, 0.2) is 0 Å². The van der Waals surface area contributed by atoms with Gasteiger partial charge in [-0.25, -0.2) is 0 Å². The molecule has 6 nitrogen and oxygen atoms in total. The van der Waals surface area contributed by atoms with Crippen LogP contribution in [0.4, 0.5) is 0 Å². The number of hydrogen-bond donors (Lipinski definition) is 2. The first kappa shape index (κ1) is 23.0. The molecule has 3 atom stereocenters. The van der Waals surface area contributed by atoms with Gasteiger partial charge < -0.3 is 15.2 Å². The molecule has 3 rings (SSSR count). The maximum Gasteiger partial charge on any atom is 0.323 e. The summed E-state index contributed by atoms with van der Waals surface area (Å²) in [5.74, 6) is -1.07. The van der Waals surface area contributed by atoms with Crippen molar-refractivity contribution < 1.29 is 19.4 Å². The summed E-state index contributed by atoms with van der Waals surface area (Å²) in [6.45, 7) is 5.26. The van der Waals surface area contributed by atoms with E-state index in [-0.39, 0.29) is 12.0 Å². The van der Waals surface area contributed by atoms with Crippen LogP contribution < -0.4 is 5.32 Å². The molecule has 0 aromatic heterocycles. The van der Waals surface area contributed by atoms with Crippen LogP contribution in [0.5, 0.6) is 0 Å². The summed E-state index contributed by atoms with van der Waals surface area (Å²) in [7, 11) is 0. The van der Waals surface area contributed by atoms with Gasteiger partial charge >= 0.3 is 11.9 Å². The van der Waals surface area contributed by atoms with Crippen molar-refractivity contribution in [3.8, 4) is 0 Å². The molecule has 0 aliphatic carbocycles. The van der Waals surface area contributed by atoms with Crippen LogP contribution in [0.15, 0.2) is 54.6 Å². The number of ether oxygens (including phenoxy) is 1. The van der Waals surface area contributed by atoms with Crippen molar-refractivity contribution in [3.05, 3.63) is 71.3 Å². The van der Waals surface area contributed by atoms with Gasteiger partial charge in [0.25, 0.3) is 0 Å². The van der Waals surface area contributed by atoms with Crippen LogP contribution in [0.1, 0.15) is 37.0 Å². The Balaban J connectivity index is 1.65. The lowest BCUT2D eigenvalue weighted by molar-refractivity contribution is -0.147. The summed E-state index contributed by atoms with van der Waals surface area (Å²) in [5.41, 5.74) is 3.43. The third-order valence-corrected chi connectivity index (χ3v) is 5.76. The first-order chi connectivity index (χ1) is 15.0. The minimum absolute atomic E-state index is 0.0720. The second-order valence-electron chi connectivity index (χ2n) is 8.15. The monoisotopic (exact) mass is 424 g/mol. The van der Waals surface area contributed by atoms with E-state index in [0.29, 0.717) is 32.5 Å². The molecule has 166 valence electrons. The molecule has 0 spiro atoms. The minimum atomic E-state index is -0.812. The third-order valence-electron chi connectivity index (χ3n) is 5.76. The quantitative estimate of drug-likeness (QED) is 0.571. The van der Waals surface area contributed by atoms with Crippen LogP contribution in [-0.2, 0) is 33.7 Å². The van der Waals surface area contributed by atoms with Gasteiger partial charge in [-0.15, -0.1) is 0 Å². The molecule has 6 heteroatoms.